The third-order valence-corrected chi connectivity index (χ3v) is 3.16. The molecule has 0 aliphatic carbocycles. The van der Waals surface area contributed by atoms with Gasteiger partial charge in [-0.3, -0.25) is 4.79 Å². The molecule has 2 aromatic rings. The Morgan fingerprint density at radius 1 is 1.33 bits per heavy atom. The van der Waals surface area contributed by atoms with Crippen molar-refractivity contribution in [2.24, 2.45) is 0 Å². The van der Waals surface area contributed by atoms with Crippen molar-refractivity contribution in [3.63, 3.8) is 0 Å². The molecule has 0 saturated heterocycles. The highest BCUT2D eigenvalue weighted by Gasteiger charge is 2.08. The standard InChI is InChI=1S/C14H14BrNO2/c1-9-6-12(10(2)18-9)8-16-14(17)11-4-3-5-13(15)7-11/h3-7H,8H2,1-2H3,(H,16,17). The van der Waals surface area contributed by atoms with Crippen molar-refractivity contribution in [2.45, 2.75) is 20.4 Å². The van der Waals surface area contributed by atoms with Crippen LogP contribution in [-0.2, 0) is 6.54 Å². The third kappa shape index (κ3) is 3.01. The maximum atomic E-state index is 11.9. The van der Waals surface area contributed by atoms with Gasteiger partial charge in [0.25, 0.3) is 5.91 Å². The molecule has 0 unspecified atom stereocenters. The topological polar surface area (TPSA) is 42.2 Å². The number of furan rings is 1. The number of benzene rings is 1. The first kappa shape index (κ1) is 12.9. The summed E-state index contributed by atoms with van der Waals surface area (Å²) in [7, 11) is 0. The van der Waals surface area contributed by atoms with Crippen LogP contribution in [0.15, 0.2) is 39.2 Å². The first-order valence-electron chi connectivity index (χ1n) is 5.66. The van der Waals surface area contributed by atoms with E-state index in [1.807, 2.05) is 32.0 Å². The predicted molar refractivity (Wildman–Crippen MR) is 73.5 cm³/mol. The number of carbonyl (C=O) groups is 1. The molecule has 0 aliphatic heterocycles. The summed E-state index contributed by atoms with van der Waals surface area (Å²) in [5, 5.41) is 2.88. The molecule has 4 heteroatoms. The monoisotopic (exact) mass is 307 g/mol. The van der Waals surface area contributed by atoms with Crippen LogP contribution in [0.25, 0.3) is 0 Å². The van der Waals surface area contributed by atoms with Gasteiger partial charge in [-0.15, -0.1) is 0 Å². The Morgan fingerprint density at radius 3 is 2.72 bits per heavy atom. The average molecular weight is 308 g/mol. The van der Waals surface area contributed by atoms with Crippen LogP contribution in [0.4, 0.5) is 0 Å². The van der Waals surface area contributed by atoms with Gasteiger partial charge in [0.1, 0.15) is 11.5 Å². The molecule has 2 rings (SSSR count). The molecule has 18 heavy (non-hydrogen) atoms. The number of nitrogens with one attached hydrogen (secondary N) is 1. The van der Waals surface area contributed by atoms with Crippen LogP contribution in [0, 0.1) is 13.8 Å². The fraction of sp³-hybridized carbons (Fsp3) is 0.214. The molecule has 94 valence electrons. The summed E-state index contributed by atoms with van der Waals surface area (Å²) in [5.74, 6) is 1.62. The molecule has 0 fully saturated rings. The van der Waals surface area contributed by atoms with Gasteiger partial charge in [-0.1, -0.05) is 22.0 Å². The van der Waals surface area contributed by atoms with Gasteiger partial charge in [0.05, 0.1) is 0 Å². The minimum atomic E-state index is -0.0884. The van der Waals surface area contributed by atoms with Crippen molar-refractivity contribution in [1.29, 1.82) is 0 Å². The van der Waals surface area contributed by atoms with Gasteiger partial charge in [-0.2, -0.15) is 0 Å². The van der Waals surface area contributed by atoms with E-state index in [9.17, 15) is 4.79 Å². The molecule has 0 saturated carbocycles. The Kier molecular flexibility index (Phi) is 3.87. The highest BCUT2D eigenvalue weighted by atomic mass is 79.9. The summed E-state index contributed by atoms with van der Waals surface area (Å²) in [4.78, 5) is 11.9. The molecule has 3 nitrogen and oxygen atoms in total. The van der Waals surface area contributed by atoms with E-state index >= 15 is 0 Å². The Morgan fingerprint density at radius 2 is 2.11 bits per heavy atom. The fourth-order valence-electron chi connectivity index (χ4n) is 1.77. The van der Waals surface area contributed by atoms with Crippen molar-refractivity contribution in [3.05, 3.63) is 57.5 Å². The summed E-state index contributed by atoms with van der Waals surface area (Å²) >= 11 is 3.35. The number of amides is 1. The van der Waals surface area contributed by atoms with Crippen molar-refractivity contribution in [1.82, 2.24) is 5.32 Å². The number of hydrogen-bond acceptors (Lipinski definition) is 2. The SMILES string of the molecule is Cc1cc(CNC(=O)c2cccc(Br)c2)c(C)o1. The average Bonchev–Trinajstić information content (AvgIpc) is 2.65. The number of halogens is 1. The molecule has 0 spiro atoms. The van der Waals surface area contributed by atoms with Gasteiger partial charge in [-0.05, 0) is 38.1 Å². The van der Waals surface area contributed by atoms with Crippen molar-refractivity contribution in [2.75, 3.05) is 0 Å². The van der Waals surface area contributed by atoms with Crippen molar-refractivity contribution in [3.8, 4) is 0 Å². The number of carbonyl (C=O) groups excluding carboxylic acids is 1. The summed E-state index contributed by atoms with van der Waals surface area (Å²) in [6.07, 6.45) is 0. The van der Waals surface area contributed by atoms with E-state index in [0.717, 1.165) is 21.6 Å². The van der Waals surface area contributed by atoms with Crippen LogP contribution in [0.5, 0.6) is 0 Å². The van der Waals surface area contributed by atoms with E-state index in [2.05, 4.69) is 21.2 Å². The van der Waals surface area contributed by atoms with Crippen LogP contribution in [0.2, 0.25) is 0 Å². The van der Waals surface area contributed by atoms with Gasteiger partial charge < -0.3 is 9.73 Å². The highest BCUT2D eigenvalue weighted by Crippen LogP contribution is 2.14. The van der Waals surface area contributed by atoms with Crippen LogP contribution in [0.1, 0.15) is 27.4 Å². The molecular weight excluding hydrogens is 294 g/mol. The van der Waals surface area contributed by atoms with Gasteiger partial charge >= 0.3 is 0 Å². The van der Waals surface area contributed by atoms with Crippen LogP contribution in [-0.4, -0.2) is 5.91 Å². The number of hydrogen-bond donors (Lipinski definition) is 1. The molecule has 0 radical (unpaired) electrons. The van der Waals surface area contributed by atoms with E-state index < -0.39 is 0 Å². The summed E-state index contributed by atoms with van der Waals surface area (Å²) in [6.45, 7) is 4.27. The maximum absolute atomic E-state index is 11.9. The Labute approximate surface area is 114 Å². The number of rotatable bonds is 3. The molecule has 1 aromatic heterocycles. The molecule has 1 N–H and O–H groups in total. The molecule has 1 amide bonds. The zero-order chi connectivity index (χ0) is 13.1. The third-order valence-electron chi connectivity index (χ3n) is 2.67. The van der Waals surface area contributed by atoms with Gasteiger partial charge in [-0.25, -0.2) is 0 Å². The molecule has 1 aromatic carbocycles. The molecule has 0 atom stereocenters. The van der Waals surface area contributed by atoms with Gasteiger partial charge in [0.2, 0.25) is 0 Å². The lowest BCUT2D eigenvalue weighted by molar-refractivity contribution is 0.0951. The minimum absolute atomic E-state index is 0.0884. The minimum Gasteiger partial charge on any atom is -0.466 e. The largest absolute Gasteiger partial charge is 0.466 e. The Hall–Kier alpha value is -1.55. The normalized spacial score (nSPS) is 10.4. The first-order valence-corrected chi connectivity index (χ1v) is 6.45. The van der Waals surface area contributed by atoms with Crippen LogP contribution >= 0.6 is 15.9 Å². The van der Waals surface area contributed by atoms with E-state index in [4.69, 9.17) is 4.42 Å². The second kappa shape index (κ2) is 5.40. The zero-order valence-corrected chi connectivity index (χ0v) is 11.9. The Balaban J connectivity index is 2.02. The van der Waals surface area contributed by atoms with E-state index in [-0.39, 0.29) is 5.91 Å². The smallest absolute Gasteiger partial charge is 0.251 e. The first-order chi connectivity index (χ1) is 8.56. The van der Waals surface area contributed by atoms with E-state index in [0.29, 0.717) is 12.1 Å². The van der Waals surface area contributed by atoms with Crippen molar-refractivity contribution < 1.29 is 9.21 Å². The maximum Gasteiger partial charge on any atom is 0.251 e. The zero-order valence-electron chi connectivity index (χ0n) is 10.3. The summed E-state index contributed by atoms with van der Waals surface area (Å²) in [6, 6.07) is 9.25. The number of aryl methyl sites for hydroxylation is 2. The Bertz CT molecular complexity index is 575. The van der Waals surface area contributed by atoms with Gasteiger partial charge in [0.15, 0.2) is 0 Å². The predicted octanol–water partition coefficient (Wildman–Crippen LogP) is 3.59. The molecule has 1 heterocycles. The molecule has 0 aliphatic rings. The van der Waals surface area contributed by atoms with Crippen molar-refractivity contribution >= 4 is 21.8 Å². The van der Waals surface area contributed by atoms with E-state index in [1.54, 1.807) is 12.1 Å². The lowest BCUT2D eigenvalue weighted by Gasteiger charge is -2.04. The second-order valence-electron chi connectivity index (χ2n) is 4.13. The molecule has 0 bridgehead atoms. The lowest BCUT2D eigenvalue weighted by atomic mass is 10.2. The lowest BCUT2D eigenvalue weighted by Crippen LogP contribution is -2.22. The fourth-order valence-corrected chi connectivity index (χ4v) is 2.17. The summed E-state index contributed by atoms with van der Waals surface area (Å²) < 4.78 is 6.31. The van der Waals surface area contributed by atoms with E-state index in [1.165, 1.54) is 0 Å². The second-order valence-corrected chi connectivity index (χ2v) is 5.05. The van der Waals surface area contributed by atoms with Gasteiger partial charge in [0, 0.05) is 22.1 Å². The summed E-state index contributed by atoms with van der Waals surface area (Å²) in [5.41, 5.74) is 1.65. The molecular formula is C14H14BrNO2. The van der Waals surface area contributed by atoms with Crippen LogP contribution < -0.4 is 5.32 Å². The van der Waals surface area contributed by atoms with Crippen LogP contribution in [0.3, 0.4) is 0 Å². The highest BCUT2D eigenvalue weighted by molar-refractivity contribution is 9.10. The quantitative estimate of drug-likeness (QED) is 0.941.